The number of aromatic nitrogens is 1. The van der Waals surface area contributed by atoms with E-state index in [1.165, 1.54) is 22.0 Å². The van der Waals surface area contributed by atoms with E-state index in [2.05, 4.69) is 46.3 Å². The van der Waals surface area contributed by atoms with Crippen LogP contribution < -0.4 is 10.0 Å². The first-order chi connectivity index (χ1) is 11.0. The zero-order valence-electron chi connectivity index (χ0n) is 13.7. The van der Waals surface area contributed by atoms with E-state index in [9.17, 15) is 8.42 Å². The maximum atomic E-state index is 11.8. The highest BCUT2D eigenvalue weighted by Crippen LogP contribution is 2.27. The predicted octanol–water partition coefficient (Wildman–Crippen LogP) is 2.08. The van der Waals surface area contributed by atoms with Crippen LogP contribution in [0.4, 0.5) is 0 Å². The van der Waals surface area contributed by atoms with Gasteiger partial charge in [0.15, 0.2) is 0 Å². The molecule has 1 aromatic heterocycles. The molecule has 0 bridgehead atoms. The SMILES string of the molecule is Cc1cccc2c(CCN[C@@H](C)CNS(=O)(=O)C3CC3)c[nH]c12. The monoisotopic (exact) mass is 335 g/mol. The summed E-state index contributed by atoms with van der Waals surface area (Å²) in [5, 5.41) is 4.51. The van der Waals surface area contributed by atoms with Gasteiger partial charge in [0.05, 0.1) is 5.25 Å². The fourth-order valence-corrected chi connectivity index (χ4v) is 4.31. The van der Waals surface area contributed by atoms with Crippen LogP contribution in [0.2, 0.25) is 0 Å². The number of para-hydroxylation sites is 1. The molecule has 6 heteroatoms. The largest absolute Gasteiger partial charge is 0.361 e. The summed E-state index contributed by atoms with van der Waals surface area (Å²) in [5.41, 5.74) is 3.75. The van der Waals surface area contributed by atoms with Crippen molar-refractivity contribution >= 4 is 20.9 Å². The van der Waals surface area contributed by atoms with Gasteiger partial charge in [0.1, 0.15) is 0 Å². The summed E-state index contributed by atoms with van der Waals surface area (Å²) in [7, 11) is -3.08. The minimum atomic E-state index is -3.08. The predicted molar refractivity (Wildman–Crippen MR) is 94.1 cm³/mol. The lowest BCUT2D eigenvalue weighted by molar-refractivity contribution is 0.526. The molecule has 0 saturated heterocycles. The summed E-state index contributed by atoms with van der Waals surface area (Å²) in [4.78, 5) is 3.34. The Morgan fingerprint density at radius 1 is 1.35 bits per heavy atom. The van der Waals surface area contributed by atoms with Crippen LogP contribution in [0.15, 0.2) is 24.4 Å². The van der Waals surface area contributed by atoms with Gasteiger partial charge in [-0.05, 0) is 50.8 Å². The van der Waals surface area contributed by atoms with Gasteiger partial charge in [0, 0.05) is 29.7 Å². The fraction of sp³-hybridized carbons (Fsp3) is 0.529. The van der Waals surface area contributed by atoms with Gasteiger partial charge >= 0.3 is 0 Å². The maximum absolute atomic E-state index is 11.8. The number of hydrogen-bond acceptors (Lipinski definition) is 3. The Hall–Kier alpha value is -1.37. The number of nitrogens with one attached hydrogen (secondary N) is 3. The van der Waals surface area contributed by atoms with Crippen LogP contribution in [0.3, 0.4) is 0 Å². The second-order valence-electron chi connectivity index (χ2n) is 6.51. The normalized spacial score (nSPS) is 16.8. The van der Waals surface area contributed by atoms with Crippen molar-refractivity contribution in [3.8, 4) is 0 Å². The molecule has 5 nitrogen and oxygen atoms in total. The number of aromatic amines is 1. The van der Waals surface area contributed by atoms with E-state index in [1.54, 1.807) is 0 Å². The highest BCUT2D eigenvalue weighted by molar-refractivity contribution is 7.90. The lowest BCUT2D eigenvalue weighted by Gasteiger charge is -2.14. The van der Waals surface area contributed by atoms with Crippen LogP contribution in [0.1, 0.15) is 30.9 Å². The molecule has 0 amide bonds. The Bertz CT molecular complexity index is 778. The van der Waals surface area contributed by atoms with Crippen molar-refractivity contribution in [2.45, 2.75) is 44.4 Å². The first-order valence-corrected chi connectivity index (χ1v) is 9.79. The van der Waals surface area contributed by atoms with Crippen LogP contribution in [0.5, 0.6) is 0 Å². The first-order valence-electron chi connectivity index (χ1n) is 8.25. The molecule has 3 rings (SSSR count). The fourth-order valence-electron chi connectivity index (χ4n) is 2.83. The molecule has 0 spiro atoms. The first kappa shape index (κ1) is 16.5. The van der Waals surface area contributed by atoms with E-state index in [4.69, 9.17) is 0 Å². The molecule has 0 radical (unpaired) electrons. The Morgan fingerprint density at radius 2 is 2.13 bits per heavy atom. The van der Waals surface area contributed by atoms with Crippen molar-refractivity contribution in [1.82, 2.24) is 15.0 Å². The zero-order valence-corrected chi connectivity index (χ0v) is 14.5. The summed E-state index contributed by atoms with van der Waals surface area (Å²) < 4.78 is 26.3. The van der Waals surface area contributed by atoms with Gasteiger partial charge in [-0.1, -0.05) is 18.2 Å². The highest BCUT2D eigenvalue weighted by Gasteiger charge is 2.35. The average Bonchev–Trinajstić information content (AvgIpc) is 3.29. The van der Waals surface area contributed by atoms with Crippen LogP contribution in [0, 0.1) is 6.92 Å². The molecule has 1 atom stereocenters. The summed E-state index contributed by atoms with van der Waals surface area (Å²) >= 11 is 0. The van der Waals surface area contributed by atoms with Gasteiger partial charge in [-0.2, -0.15) is 0 Å². The van der Waals surface area contributed by atoms with Gasteiger partial charge in [0.2, 0.25) is 10.0 Å². The molecule has 1 aromatic carbocycles. The molecule has 1 aliphatic carbocycles. The Labute approximate surface area is 137 Å². The van der Waals surface area contributed by atoms with Gasteiger partial charge in [-0.25, -0.2) is 13.1 Å². The molecule has 2 aromatic rings. The summed E-state index contributed by atoms with van der Waals surface area (Å²) in [6, 6.07) is 6.45. The molecule has 1 aliphatic rings. The molecule has 3 N–H and O–H groups in total. The zero-order chi connectivity index (χ0) is 16.4. The molecular formula is C17H25N3O2S. The van der Waals surface area contributed by atoms with E-state index in [1.807, 2.05) is 6.92 Å². The van der Waals surface area contributed by atoms with Gasteiger partial charge in [0.25, 0.3) is 0 Å². The van der Waals surface area contributed by atoms with Crippen molar-refractivity contribution in [3.05, 3.63) is 35.5 Å². The Morgan fingerprint density at radius 3 is 2.87 bits per heavy atom. The number of H-pyrrole nitrogens is 1. The maximum Gasteiger partial charge on any atom is 0.214 e. The van der Waals surface area contributed by atoms with E-state index < -0.39 is 10.0 Å². The minimum absolute atomic E-state index is 0.121. The molecule has 1 saturated carbocycles. The lowest BCUT2D eigenvalue weighted by atomic mass is 10.1. The number of sulfonamides is 1. The number of rotatable bonds is 8. The van der Waals surface area contributed by atoms with Crippen LogP contribution in [0.25, 0.3) is 10.9 Å². The molecule has 1 heterocycles. The van der Waals surface area contributed by atoms with E-state index in [-0.39, 0.29) is 11.3 Å². The molecule has 0 unspecified atom stereocenters. The second kappa shape index (κ2) is 6.63. The lowest BCUT2D eigenvalue weighted by Crippen LogP contribution is -2.40. The Kier molecular flexibility index (Phi) is 4.75. The summed E-state index contributed by atoms with van der Waals surface area (Å²) in [5.74, 6) is 0. The van der Waals surface area contributed by atoms with Crippen molar-refractivity contribution < 1.29 is 8.42 Å². The van der Waals surface area contributed by atoms with E-state index in [0.29, 0.717) is 6.54 Å². The van der Waals surface area contributed by atoms with Crippen LogP contribution >= 0.6 is 0 Å². The molecule has 1 fully saturated rings. The topological polar surface area (TPSA) is 74.0 Å². The molecule has 0 aliphatic heterocycles. The van der Waals surface area contributed by atoms with Crippen LogP contribution in [-0.4, -0.2) is 37.8 Å². The third kappa shape index (κ3) is 3.94. The molecule has 23 heavy (non-hydrogen) atoms. The number of benzene rings is 1. The smallest absolute Gasteiger partial charge is 0.214 e. The van der Waals surface area contributed by atoms with E-state index >= 15 is 0 Å². The number of fused-ring (bicyclic) bond motifs is 1. The van der Waals surface area contributed by atoms with Crippen LogP contribution in [-0.2, 0) is 16.4 Å². The molecular weight excluding hydrogens is 310 g/mol. The van der Waals surface area contributed by atoms with Gasteiger partial charge in [-0.3, -0.25) is 0 Å². The molecule has 126 valence electrons. The van der Waals surface area contributed by atoms with Crippen molar-refractivity contribution in [2.75, 3.05) is 13.1 Å². The third-order valence-electron chi connectivity index (χ3n) is 4.45. The van der Waals surface area contributed by atoms with E-state index in [0.717, 1.165) is 25.8 Å². The van der Waals surface area contributed by atoms with Gasteiger partial charge in [-0.15, -0.1) is 0 Å². The van der Waals surface area contributed by atoms with Crippen molar-refractivity contribution in [3.63, 3.8) is 0 Å². The average molecular weight is 335 g/mol. The highest BCUT2D eigenvalue weighted by atomic mass is 32.2. The standard InChI is InChI=1S/C17H25N3O2S/c1-12-4-3-5-16-14(11-19-17(12)16)8-9-18-13(2)10-20-23(21,22)15-6-7-15/h3-5,11,13,15,18-20H,6-10H2,1-2H3/t13-/m0/s1. The van der Waals surface area contributed by atoms with Gasteiger partial charge < -0.3 is 10.3 Å². The Balaban J connectivity index is 1.47. The van der Waals surface area contributed by atoms with Crippen molar-refractivity contribution in [1.29, 1.82) is 0 Å². The number of aryl methyl sites for hydroxylation is 1. The second-order valence-corrected chi connectivity index (χ2v) is 8.55. The number of hydrogen-bond donors (Lipinski definition) is 3. The summed E-state index contributed by atoms with van der Waals surface area (Å²) in [6.45, 7) is 5.39. The van der Waals surface area contributed by atoms with Crippen molar-refractivity contribution in [2.24, 2.45) is 0 Å². The third-order valence-corrected chi connectivity index (χ3v) is 6.37. The summed E-state index contributed by atoms with van der Waals surface area (Å²) in [6.07, 6.45) is 4.59. The quantitative estimate of drug-likeness (QED) is 0.691. The minimum Gasteiger partial charge on any atom is -0.361 e.